The molecule has 108 valence electrons. The average Bonchev–Trinajstić information content (AvgIpc) is 3.02. The molecule has 0 bridgehead atoms. The summed E-state index contributed by atoms with van der Waals surface area (Å²) in [4.78, 5) is 13.7. The van der Waals surface area contributed by atoms with Crippen LogP contribution in [0.2, 0.25) is 0 Å². The van der Waals surface area contributed by atoms with Gasteiger partial charge < -0.3 is 10.3 Å². The van der Waals surface area contributed by atoms with Crippen LogP contribution in [0.4, 0.5) is 0 Å². The first-order valence-electron chi connectivity index (χ1n) is 7.32. The Morgan fingerprint density at radius 1 is 1.50 bits per heavy atom. The van der Waals surface area contributed by atoms with Gasteiger partial charge in [0.2, 0.25) is 0 Å². The molecule has 1 atom stereocenters. The zero-order valence-electron chi connectivity index (χ0n) is 12.4. The molecular weight excluding hydrogens is 268 g/mol. The standard InChI is InChI=1S/C15H22N4S/c1-4-5-16-10-8-15(2,3)9-11-12(10)20-14(19-11)13-17-6-7-18-13/h6-7,10,16H,4-5,8-9H2,1-3H3,(H,17,18). The smallest absolute Gasteiger partial charge is 0.166 e. The zero-order valence-corrected chi connectivity index (χ0v) is 13.2. The fraction of sp³-hybridized carbons (Fsp3) is 0.600. The molecule has 0 saturated heterocycles. The molecule has 1 unspecified atom stereocenters. The molecule has 5 heteroatoms. The lowest BCUT2D eigenvalue weighted by Crippen LogP contribution is -2.33. The second-order valence-corrected chi connectivity index (χ2v) is 7.35. The van der Waals surface area contributed by atoms with Crippen LogP contribution in [0.15, 0.2) is 12.4 Å². The Morgan fingerprint density at radius 3 is 3.05 bits per heavy atom. The van der Waals surface area contributed by atoms with E-state index >= 15 is 0 Å². The van der Waals surface area contributed by atoms with Crippen molar-refractivity contribution in [2.75, 3.05) is 6.54 Å². The molecule has 0 spiro atoms. The number of H-pyrrole nitrogens is 1. The van der Waals surface area contributed by atoms with Gasteiger partial charge in [-0.1, -0.05) is 20.8 Å². The van der Waals surface area contributed by atoms with E-state index in [9.17, 15) is 0 Å². The van der Waals surface area contributed by atoms with E-state index in [-0.39, 0.29) is 0 Å². The van der Waals surface area contributed by atoms with Gasteiger partial charge in [-0.15, -0.1) is 11.3 Å². The summed E-state index contributed by atoms with van der Waals surface area (Å²) < 4.78 is 0. The van der Waals surface area contributed by atoms with E-state index in [2.05, 4.69) is 36.1 Å². The molecule has 1 aliphatic rings. The number of fused-ring (bicyclic) bond motifs is 1. The molecule has 20 heavy (non-hydrogen) atoms. The molecular formula is C15H22N4S. The predicted octanol–water partition coefficient (Wildman–Crippen LogP) is 3.55. The average molecular weight is 290 g/mol. The summed E-state index contributed by atoms with van der Waals surface area (Å²) in [6.45, 7) is 7.95. The molecule has 0 aliphatic heterocycles. The highest BCUT2D eigenvalue weighted by molar-refractivity contribution is 7.15. The highest BCUT2D eigenvalue weighted by atomic mass is 32.1. The number of aromatic amines is 1. The van der Waals surface area contributed by atoms with Gasteiger partial charge in [0, 0.05) is 23.3 Å². The largest absolute Gasteiger partial charge is 0.343 e. The number of rotatable bonds is 4. The van der Waals surface area contributed by atoms with E-state index in [0.29, 0.717) is 11.5 Å². The highest BCUT2D eigenvalue weighted by Crippen LogP contribution is 2.44. The molecule has 0 fully saturated rings. The Balaban J connectivity index is 1.94. The Hall–Kier alpha value is -1.20. The van der Waals surface area contributed by atoms with Crippen molar-refractivity contribution in [2.24, 2.45) is 5.41 Å². The maximum Gasteiger partial charge on any atom is 0.166 e. The van der Waals surface area contributed by atoms with E-state index < -0.39 is 0 Å². The number of hydrogen-bond acceptors (Lipinski definition) is 4. The van der Waals surface area contributed by atoms with Crippen LogP contribution >= 0.6 is 11.3 Å². The van der Waals surface area contributed by atoms with Crippen molar-refractivity contribution in [3.8, 4) is 10.8 Å². The van der Waals surface area contributed by atoms with Crippen LogP contribution in [-0.4, -0.2) is 21.5 Å². The predicted molar refractivity (Wildman–Crippen MR) is 82.8 cm³/mol. The lowest BCUT2D eigenvalue weighted by atomic mass is 9.76. The van der Waals surface area contributed by atoms with E-state index in [1.807, 2.05) is 6.20 Å². The molecule has 2 aromatic heterocycles. The van der Waals surface area contributed by atoms with Gasteiger partial charge in [0.1, 0.15) is 0 Å². The van der Waals surface area contributed by atoms with Gasteiger partial charge in [-0.25, -0.2) is 9.97 Å². The van der Waals surface area contributed by atoms with Crippen LogP contribution in [-0.2, 0) is 6.42 Å². The minimum absolute atomic E-state index is 0.312. The maximum atomic E-state index is 4.83. The van der Waals surface area contributed by atoms with E-state index in [1.165, 1.54) is 17.0 Å². The third kappa shape index (κ3) is 2.65. The summed E-state index contributed by atoms with van der Waals surface area (Å²) in [5.74, 6) is 0.886. The van der Waals surface area contributed by atoms with Crippen molar-refractivity contribution < 1.29 is 0 Å². The number of nitrogens with zero attached hydrogens (tertiary/aromatic N) is 2. The first-order chi connectivity index (χ1) is 9.59. The van der Waals surface area contributed by atoms with Crippen LogP contribution in [0.1, 0.15) is 50.2 Å². The summed E-state index contributed by atoms with van der Waals surface area (Å²) in [6.07, 6.45) is 7.04. The summed E-state index contributed by atoms with van der Waals surface area (Å²) in [5.41, 5.74) is 1.57. The van der Waals surface area contributed by atoms with E-state index in [4.69, 9.17) is 4.98 Å². The molecule has 2 aromatic rings. The molecule has 1 aliphatic carbocycles. The SMILES string of the molecule is CCCNC1CC(C)(C)Cc2nc(-c3ncc[nH]3)sc21. The molecule has 2 heterocycles. The van der Waals surface area contributed by atoms with Gasteiger partial charge in [-0.2, -0.15) is 0 Å². The van der Waals surface area contributed by atoms with E-state index in [0.717, 1.165) is 30.2 Å². The van der Waals surface area contributed by atoms with Gasteiger partial charge in [-0.3, -0.25) is 0 Å². The zero-order chi connectivity index (χ0) is 14.2. The van der Waals surface area contributed by atoms with Gasteiger partial charge in [0.05, 0.1) is 5.69 Å². The first kappa shape index (κ1) is 13.8. The van der Waals surface area contributed by atoms with Crippen molar-refractivity contribution in [2.45, 2.75) is 46.1 Å². The normalized spacial score (nSPS) is 20.9. The minimum atomic E-state index is 0.312. The molecule has 2 N–H and O–H groups in total. The molecule has 0 aromatic carbocycles. The quantitative estimate of drug-likeness (QED) is 0.905. The summed E-state index contributed by atoms with van der Waals surface area (Å²) in [7, 11) is 0. The van der Waals surface area contributed by atoms with Crippen molar-refractivity contribution in [1.82, 2.24) is 20.3 Å². The summed E-state index contributed by atoms with van der Waals surface area (Å²) in [6, 6.07) is 0.440. The molecule has 0 radical (unpaired) electrons. The molecule has 3 rings (SSSR count). The van der Waals surface area contributed by atoms with E-state index in [1.54, 1.807) is 17.5 Å². The van der Waals surface area contributed by atoms with Gasteiger partial charge in [-0.05, 0) is 31.2 Å². The molecule has 0 saturated carbocycles. The number of hydrogen-bond donors (Lipinski definition) is 2. The molecule has 0 amide bonds. The fourth-order valence-corrected chi connectivity index (χ4v) is 4.02. The van der Waals surface area contributed by atoms with Gasteiger partial charge in [0.15, 0.2) is 10.8 Å². The second-order valence-electron chi connectivity index (χ2n) is 6.32. The number of imidazole rings is 1. The summed E-state index contributed by atoms with van der Waals surface area (Å²) in [5, 5.41) is 4.70. The maximum absolute atomic E-state index is 4.83. The van der Waals surface area contributed by atoms with Crippen LogP contribution in [0.25, 0.3) is 10.8 Å². The van der Waals surface area contributed by atoms with Crippen LogP contribution in [0.3, 0.4) is 0 Å². The van der Waals surface area contributed by atoms with Crippen LogP contribution < -0.4 is 5.32 Å². The Morgan fingerprint density at radius 2 is 2.35 bits per heavy atom. The van der Waals surface area contributed by atoms with Gasteiger partial charge >= 0.3 is 0 Å². The number of thiazole rings is 1. The van der Waals surface area contributed by atoms with Crippen molar-refractivity contribution >= 4 is 11.3 Å². The Labute approximate surface area is 124 Å². The first-order valence-corrected chi connectivity index (χ1v) is 8.13. The van der Waals surface area contributed by atoms with Gasteiger partial charge in [0.25, 0.3) is 0 Å². The van der Waals surface area contributed by atoms with Crippen LogP contribution in [0.5, 0.6) is 0 Å². The topological polar surface area (TPSA) is 53.6 Å². The number of aromatic nitrogens is 3. The lowest BCUT2D eigenvalue weighted by molar-refractivity contribution is 0.258. The van der Waals surface area contributed by atoms with Crippen molar-refractivity contribution in [3.05, 3.63) is 23.0 Å². The summed E-state index contributed by atoms with van der Waals surface area (Å²) >= 11 is 1.78. The Bertz CT molecular complexity index is 571. The Kier molecular flexibility index (Phi) is 3.65. The van der Waals surface area contributed by atoms with Crippen LogP contribution in [0, 0.1) is 5.41 Å². The second kappa shape index (κ2) is 5.30. The third-order valence-corrected chi connectivity index (χ3v) is 5.01. The van der Waals surface area contributed by atoms with Crippen molar-refractivity contribution in [3.63, 3.8) is 0 Å². The number of nitrogens with one attached hydrogen (secondary N) is 2. The third-order valence-electron chi connectivity index (χ3n) is 3.79. The lowest BCUT2D eigenvalue weighted by Gasteiger charge is -2.34. The fourth-order valence-electron chi connectivity index (χ4n) is 2.90. The monoisotopic (exact) mass is 290 g/mol. The highest BCUT2D eigenvalue weighted by Gasteiger charge is 2.35. The minimum Gasteiger partial charge on any atom is -0.343 e. The van der Waals surface area contributed by atoms with Crippen molar-refractivity contribution in [1.29, 1.82) is 0 Å². The molecule has 4 nitrogen and oxygen atoms in total.